The van der Waals surface area contributed by atoms with Crippen LogP contribution in [0.2, 0.25) is 0 Å². The summed E-state index contributed by atoms with van der Waals surface area (Å²) in [6.07, 6.45) is 7.70. The fourth-order valence-corrected chi connectivity index (χ4v) is 4.42. The highest BCUT2D eigenvalue weighted by molar-refractivity contribution is 5.85. The Balaban J connectivity index is 0.00000208. The second-order valence-corrected chi connectivity index (χ2v) is 7.41. The van der Waals surface area contributed by atoms with E-state index in [0.29, 0.717) is 17.9 Å². The van der Waals surface area contributed by atoms with Crippen molar-refractivity contribution < 1.29 is 4.79 Å². The molecular formula is C20H31ClN2O. The zero-order chi connectivity index (χ0) is 16.2. The van der Waals surface area contributed by atoms with Crippen molar-refractivity contribution in [1.29, 1.82) is 0 Å². The van der Waals surface area contributed by atoms with E-state index >= 15 is 0 Å². The zero-order valence-electron chi connectivity index (χ0n) is 14.7. The van der Waals surface area contributed by atoms with E-state index in [1.54, 1.807) is 0 Å². The van der Waals surface area contributed by atoms with Gasteiger partial charge in [0.05, 0.1) is 0 Å². The maximum atomic E-state index is 12.5. The van der Waals surface area contributed by atoms with Gasteiger partial charge >= 0.3 is 0 Å². The smallest absolute Gasteiger partial charge is 0.223 e. The van der Waals surface area contributed by atoms with Crippen molar-refractivity contribution in [3.8, 4) is 0 Å². The summed E-state index contributed by atoms with van der Waals surface area (Å²) in [4.78, 5) is 12.5. The molecule has 3 N–H and O–H groups in total. The first kappa shape index (κ1) is 19.3. The molecule has 2 aliphatic carbocycles. The van der Waals surface area contributed by atoms with Crippen molar-refractivity contribution in [3.05, 3.63) is 35.4 Å². The monoisotopic (exact) mass is 350 g/mol. The number of amides is 1. The van der Waals surface area contributed by atoms with Gasteiger partial charge in [-0.3, -0.25) is 4.79 Å². The lowest BCUT2D eigenvalue weighted by molar-refractivity contribution is -0.127. The molecule has 1 amide bonds. The third kappa shape index (κ3) is 4.52. The van der Waals surface area contributed by atoms with Crippen molar-refractivity contribution in [3.63, 3.8) is 0 Å². The van der Waals surface area contributed by atoms with Crippen LogP contribution in [0, 0.1) is 17.8 Å². The van der Waals surface area contributed by atoms with Crippen LogP contribution in [0.4, 0.5) is 0 Å². The molecule has 0 aliphatic heterocycles. The van der Waals surface area contributed by atoms with Crippen LogP contribution in [-0.2, 0) is 17.6 Å². The van der Waals surface area contributed by atoms with E-state index in [2.05, 4.69) is 36.5 Å². The molecule has 2 unspecified atom stereocenters. The fourth-order valence-electron chi connectivity index (χ4n) is 4.42. The summed E-state index contributed by atoms with van der Waals surface area (Å²) in [5.41, 5.74) is 8.97. The van der Waals surface area contributed by atoms with Crippen LogP contribution in [0.5, 0.6) is 0 Å². The van der Waals surface area contributed by atoms with Crippen molar-refractivity contribution in [2.24, 2.45) is 23.5 Å². The molecule has 134 valence electrons. The van der Waals surface area contributed by atoms with E-state index in [1.165, 1.54) is 30.4 Å². The predicted octanol–water partition coefficient (Wildman–Crippen LogP) is 3.48. The maximum absolute atomic E-state index is 12.5. The first-order chi connectivity index (χ1) is 11.2. The second-order valence-electron chi connectivity index (χ2n) is 7.41. The van der Waals surface area contributed by atoms with Gasteiger partial charge in [-0.25, -0.2) is 0 Å². The zero-order valence-corrected chi connectivity index (χ0v) is 15.5. The van der Waals surface area contributed by atoms with E-state index in [9.17, 15) is 4.79 Å². The summed E-state index contributed by atoms with van der Waals surface area (Å²) in [5, 5.41) is 3.15. The Morgan fingerprint density at radius 2 is 1.71 bits per heavy atom. The minimum Gasteiger partial charge on any atom is -0.356 e. The Morgan fingerprint density at radius 1 is 1.12 bits per heavy atom. The number of rotatable bonds is 5. The lowest BCUT2D eigenvalue weighted by atomic mass is 9.65. The lowest BCUT2D eigenvalue weighted by Crippen LogP contribution is -2.49. The van der Waals surface area contributed by atoms with Crippen molar-refractivity contribution >= 4 is 18.3 Å². The summed E-state index contributed by atoms with van der Waals surface area (Å²) in [6.45, 7) is 2.91. The highest BCUT2D eigenvalue weighted by Crippen LogP contribution is 2.41. The van der Waals surface area contributed by atoms with Gasteiger partial charge in [-0.05, 0) is 61.5 Å². The van der Waals surface area contributed by atoms with Gasteiger partial charge in [-0.1, -0.05) is 37.6 Å². The van der Waals surface area contributed by atoms with Crippen LogP contribution in [0.15, 0.2) is 24.3 Å². The average Bonchev–Trinajstić information content (AvgIpc) is 2.55. The van der Waals surface area contributed by atoms with Gasteiger partial charge in [0.25, 0.3) is 0 Å². The quantitative estimate of drug-likeness (QED) is 0.854. The number of hydrogen-bond acceptors (Lipinski definition) is 2. The Labute approximate surface area is 152 Å². The third-order valence-electron chi connectivity index (χ3n) is 5.93. The lowest BCUT2D eigenvalue weighted by Gasteiger charge is -2.43. The molecule has 2 atom stereocenters. The molecule has 2 aliphatic rings. The highest BCUT2D eigenvalue weighted by Gasteiger charge is 2.40. The molecule has 3 nitrogen and oxygen atoms in total. The maximum Gasteiger partial charge on any atom is 0.223 e. The number of nitrogens with two attached hydrogens (primary N) is 1. The van der Waals surface area contributed by atoms with E-state index in [4.69, 9.17) is 5.73 Å². The van der Waals surface area contributed by atoms with Crippen LogP contribution in [0.1, 0.15) is 50.2 Å². The number of carbonyl (C=O) groups is 1. The topological polar surface area (TPSA) is 55.1 Å². The van der Waals surface area contributed by atoms with Gasteiger partial charge in [0, 0.05) is 18.5 Å². The van der Waals surface area contributed by atoms with Crippen LogP contribution in [0.25, 0.3) is 0 Å². The molecule has 2 bridgehead atoms. The van der Waals surface area contributed by atoms with Gasteiger partial charge in [0.15, 0.2) is 0 Å². The number of fused-ring (bicyclic) bond motifs is 2. The van der Waals surface area contributed by atoms with Crippen molar-refractivity contribution in [2.45, 2.75) is 57.9 Å². The van der Waals surface area contributed by atoms with Crippen LogP contribution >= 0.6 is 12.4 Å². The third-order valence-corrected chi connectivity index (χ3v) is 5.93. The number of hydrogen-bond donors (Lipinski definition) is 2. The number of carbonyl (C=O) groups excluding carboxylic acids is 1. The van der Waals surface area contributed by atoms with E-state index < -0.39 is 0 Å². The van der Waals surface area contributed by atoms with Crippen molar-refractivity contribution in [2.75, 3.05) is 6.54 Å². The van der Waals surface area contributed by atoms with E-state index in [0.717, 1.165) is 32.2 Å². The molecule has 0 saturated heterocycles. The molecule has 2 saturated carbocycles. The molecule has 24 heavy (non-hydrogen) atoms. The summed E-state index contributed by atoms with van der Waals surface area (Å²) in [6, 6.07) is 9.05. The first-order valence-electron chi connectivity index (χ1n) is 9.28. The molecule has 0 heterocycles. The highest BCUT2D eigenvalue weighted by atomic mass is 35.5. The van der Waals surface area contributed by atoms with Crippen LogP contribution in [0.3, 0.4) is 0 Å². The van der Waals surface area contributed by atoms with E-state index in [1.807, 2.05) is 0 Å². The molecule has 0 radical (unpaired) electrons. The Morgan fingerprint density at radius 3 is 2.29 bits per heavy atom. The minimum absolute atomic E-state index is 0. The number of nitrogens with one attached hydrogen (secondary N) is 1. The Hall–Kier alpha value is -1.06. The van der Waals surface area contributed by atoms with E-state index in [-0.39, 0.29) is 24.2 Å². The molecule has 2 fully saturated rings. The summed E-state index contributed by atoms with van der Waals surface area (Å²) < 4.78 is 0. The number of halogens is 1. The van der Waals surface area contributed by atoms with Gasteiger partial charge < -0.3 is 11.1 Å². The molecule has 0 aromatic heterocycles. The standard InChI is InChI=1S/C20H30N2O.ClH/c1-2-14-6-8-15(9-7-14)10-11-22-20(23)18-12-16-4-3-5-17(13-18)19(16)21;/h6-9,16-19H,2-5,10-13,21H2,1H3,(H,22,23);1H. The molecule has 0 spiro atoms. The molecule has 4 heteroatoms. The average molecular weight is 351 g/mol. The fraction of sp³-hybridized carbons (Fsp3) is 0.650. The summed E-state index contributed by atoms with van der Waals surface area (Å²) >= 11 is 0. The van der Waals surface area contributed by atoms with Gasteiger partial charge in [0.1, 0.15) is 0 Å². The normalized spacial score (nSPS) is 28.8. The molecule has 1 aromatic carbocycles. The van der Waals surface area contributed by atoms with Crippen LogP contribution in [-0.4, -0.2) is 18.5 Å². The van der Waals surface area contributed by atoms with Crippen LogP contribution < -0.4 is 11.1 Å². The molecule has 3 rings (SSSR count). The number of aryl methyl sites for hydroxylation is 1. The molecule has 1 aromatic rings. The number of benzene rings is 1. The van der Waals surface area contributed by atoms with Gasteiger partial charge in [0.2, 0.25) is 5.91 Å². The Bertz CT molecular complexity index is 517. The Kier molecular flexibility index (Phi) is 7.12. The van der Waals surface area contributed by atoms with Gasteiger partial charge in [-0.2, -0.15) is 0 Å². The predicted molar refractivity (Wildman–Crippen MR) is 101 cm³/mol. The SMILES string of the molecule is CCc1ccc(CCNC(=O)C2CC3CCCC(C2)C3N)cc1.Cl. The molecular weight excluding hydrogens is 320 g/mol. The summed E-state index contributed by atoms with van der Waals surface area (Å²) in [5.74, 6) is 1.58. The second kappa shape index (κ2) is 8.87. The minimum atomic E-state index is 0. The summed E-state index contributed by atoms with van der Waals surface area (Å²) in [7, 11) is 0. The first-order valence-corrected chi connectivity index (χ1v) is 9.28. The van der Waals surface area contributed by atoms with Crippen molar-refractivity contribution in [1.82, 2.24) is 5.32 Å². The largest absolute Gasteiger partial charge is 0.356 e. The van der Waals surface area contributed by atoms with Gasteiger partial charge in [-0.15, -0.1) is 12.4 Å².